The average Bonchev–Trinajstić information content (AvgIpc) is 3.68. The van der Waals surface area contributed by atoms with Gasteiger partial charge in [0.15, 0.2) is 17.7 Å². The Morgan fingerprint density at radius 3 is 2.31 bits per heavy atom. The van der Waals surface area contributed by atoms with Crippen LogP contribution in [0.5, 0.6) is 0 Å². The highest BCUT2D eigenvalue weighted by Gasteiger charge is 2.61. The predicted octanol–water partition coefficient (Wildman–Crippen LogP) is 6.74. The van der Waals surface area contributed by atoms with E-state index in [0.717, 1.165) is 17.5 Å². The molecule has 0 aliphatic carbocycles. The quantitative estimate of drug-likeness (QED) is 0.166. The number of ether oxygens (including phenoxy) is 4. The molecule has 0 saturated carbocycles. The number of aliphatic hydroxyl groups excluding tert-OH is 1. The molecule has 3 aliphatic heterocycles. The monoisotopic (exact) mass is 753 g/mol. The van der Waals surface area contributed by atoms with Gasteiger partial charge >= 0.3 is 12.1 Å². The van der Waals surface area contributed by atoms with E-state index in [4.69, 9.17) is 18.9 Å². The van der Waals surface area contributed by atoms with Crippen LogP contribution >= 0.6 is 0 Å². The lowest BCUT2D eigenvalue weighted by atomic mass is 9.68. The molecule has 12 atom stereocenters. The number of hydrogen-bond acceptors (Lipinski definition) is 10. The number of benzene rings is 1. The molecule has 2 aromatic rings. The highest BCUT2D eigenvalue weighted by atomic mass is 16.7. The number of rotatable bonds is 9. The van der Waals surface area contributed by atoms with E-state index in [-0.39, 0.29) is 23.6 Å². The van der Waals surface area contributed by atoms with Crippen molar-refractivity contribution in [2.45, 2.75) is 157 Å². The summed E-state index contributed by atoms with van der Waals surface area (Å²) in [7, 11) is 0. The third-order valence-electron chi connectivity index (χ3n) is 12.6. The van der Waals surface area contributed by atoms with E-state index in [2.05, 4.69) is 9.55 Å². The number of para-hydroxylation sites is 2. The number of imidazole rings is 1. The first kappa shape index (κ1) is 41.8. The zero-order valence-electron chi connectivity index (χ0n) is 33.9. The largest absolute Gasteiger partial charge is 0.457 e. The number of hydrogen-bond donors (Lipinski definition) is 1. The Labute approximate surface area is 320 Å². The molecular formula is C42H63N3O9. The van der Waals surface area contributed by atoms with Crippen molar-refractivity contribution < 1.29 is 43.2 Å². The van der Waals surface area contributed by atoms with Crippen LogP contribution < -0.4 is 0 Å². The lowest BCUT2D eigenvalue weighted by Crippen LogP contribution is -2.59. The molecule has 1 aromatic carbocycles. The van der Waals surface area contributed by atoms with Gasteiger partial charge in [-0.15, -0.1) is 0 Å². The second kappa shape index (κ2) is 16.8. The Hall–Kier alpha value is -3.35. The summed E-state index contributed by atoms with van der Waals surface area (Å²) in [6, 6.07) is 7.23. The first-order valence-electron chi connectivity index (χ1n) is 20.1. The zero-order chi connectivity index (χ0) is 39.7. The summed E-state index contributed by atoms with van der Waals surface area (Å²) < 4.78 is 27.2. The van der Waals surface area contributed by atoms with Crippen LogP contribution in [-0.4, -0.2) is 92.1 Å². The van der Waals surface area contributed by atoms with Gasteiger partial charge in [-0.05, 0) is 75.8 Å². The number of fused-ring (bicyclic) bond motifs is 2. The Balaban J connectivity index is 1.46. The van der Waals surface area contributed by atoms with Crippen LogP contribution in [0.2, 0.25) is 0 Å². The van der Waals surface area contributed by atoms with Crippen molar-refractivity contribution >= 4 is 34.7 Å². The number of unbranched alkanes of at least 4 members (excludes halogenated alkanes) is 1. The Bertz CT molecular complexity index is 1660. The highest BCUT2D eigenvalue weighted by molar-refractivity contribution is 6.00. The Morgan fingerprint density at radius 2 is 1.63 bits per heavy atom. The van der Waals surface area contributed by atoms with Gasteiger partial charge in [-0.1, -0.05) is 67.5 Å². The molecule has 3 aliphatic rings. The van der Waals surface area contributed by atoms with Crippen molar-refractivity contribution in [3.63, 3.8) is 0 Å². The van der Waals surface area contributed by atoms with Gasteiger partial charge in [0.25, 0.3) is 0 Å². The van der Waals surface area contributed by atoms with E-state index in [9.17, 15) is 24.3 Å². The third kappa shape index (κ3) is 8.12. The maximum absolute atomic E-state index is 14.7. The van der Waals surface area contributed by atoms with Gasteiger partial charge in [-0.3, -0.25) is 14.4 Å². The van der Waals surface area contributed by atoms with Gasteiger partial charge in [0.2, 0.25) is 0 Å². The SMILES string of the molecule is CC[C@H]1OC(=O)[C@H](C)C(=O)[C@H](C)[C@@H](O[C@@H]2O[C@H](C)C[C@H](C)[C@H]2O)C(C)(C)C[C@@H](C)C(=O)[C@H](C)[C@H]2N(CCCCn3cnc4ccccc43)C(=O)O[C@]12CC. The summed E-state index contributed by atoms with van der Waals surface area (Å²) >= 11 is 0. The van der Waals surface area contributed by atoms with Crippen molar-refractivity contribution in [2.24, 2.45) is 35.0 Å². The fourth-order valence-electron chi connectivity index (χ4n) is 9.67. The molecule has 0 bridgehead atoms. The minimum Gasteiger partial charge on any atom is -0.457 e. The molecular weight excluding hydrogens is 690 g/mol. The van der Waals surface area contributed by atoms with E-state index in [0.29, 0.717) is 45.2 Å². The molecule has 3 saturated heterocycles. The van der Waals surface area contributed by atoms with Gasteiger partial charge in [0.05, 0.1) is 35.6 Å². The molecule has 300 valence electrons. The minimum absolute atomic E-state index is 0.0559. The zero-order valence-corrected chi connectivity index (χ0v) is 33.9. The molecule has 12 nitrogen and oxygen atoms in total. The molecule has 1 aromatic heterocycles. The van der Waals surface area contributed by atoms with Crippen molar-refractivity contribution in [2.75, 3.05) is 6.54 Å². The molecule has 0 radical (unpaired) electrons. The van der Waals surface area contributed by atoms with Gasteiger partial charge in [0.1, 0.15) is 23.9 Å². The first-order chi connectivity index (χ1) is 25.5. The number of ketones is 2. The fraction of sp³-hybridized carbons (Fsp3) is 0.738. The fourth-order valence-corrected chi connectivity index (χ4v) is 9.67. The normalized spacial score (nSPS) is 36.8. The third-order valence-corrected chi connectivity index (χ3v) is 12.6. The van der Waals surface area contributed by atoms with E-state index < -0.39 is 77.4 Å². The molecule has 0 spiro atoms. The van der Waals surface area contributed by atoms with Crippen LogP contribution in [-0.2, 0) is 39.9 Å². The maximum atomic E-state index is 14.7. The average molecular weight is 754 g/mol. The Morgan fingerprint density at radius 1 is 0.944 bits per heavy atom. The number of carbonyl (C=O) groups is 4. The van der Waals surface area contributed by atoms with Crippen molar-refractivity contribution in [3.8, 4) is 0 Å². The number of aliphatic hydroxyl groups is 1. The van der Waals surface area contributed by atoms with Gasteiger partial charge in [-0.2, -0.15) is 0 Å². The smallest absolute Gasteiger partial charge is 0.410 e. The van der Waals surface area contributed by atoms with Gasteiger partial charge in [-0.25, -0.2) is 9.78 Å². The molecule has 0 unspecified atom stereocenters. The van der Waals surface area contributed by atoms with Crippen molar-refractivity contribution in [3.05, 3.63) is 30.6 Å². The number of esters is 1. The maximum Gasteiger partial charge on any atom is 0.410 e. The Kier molecular flexibility index (Phi) is 13.0. The lowest BCUT2D eigenvalue weighted by molar-refractivity contribution is -0.284. The lowest BCUT2D eigenvalue weighted by Gasteiger charge is -2.46. The van der Waals surface area contributed by atoms with Crippen molar-refractivity contribution in [1.29, 1.82) is 0 Å². The second-order valence-electron chi connectivity index (χ2n) is 17.1. The summed E-state index contributed by atoms with van der Waals surface area (Å²) in [5, 5.41) is 11.1. The summed E-state index contributed by atoms with van der Waals surface area (Å²) in [4.78, 5) is 62.9. The van der Waals surface area contributed by atoms with E-state index in [1.165, 1.54) is 0 Å². The minimum atomic E-state index is -1.31. The first-order valence-corrected chi connectivity index (χ1v) is 20.1. The van der Waals surface area contributed by atoms with E-state index >= 15 is 0 Å². The number of Topliss-reactive ketones (excluding diaryl/α,β-unsaturated/α-hetero) is 2. The highest BCUT2D eigenvalue weighted by Crippen LogP contribution is 2.45. The van der Waals surface area contributed by atoms with Crippen LogP contribution in [0.15, 0.2) is 30.6 Å². The van der Waals surface area contributed by atoms with Crippen LogP contribution in [0.1, 0.15) is 108 Å². The summed E-state index contributed by atoms with van der Waals surface area (Å²) in [5.74, 6) is -4.35. The molecule has 4 heterocycles. The summed E-state index contributed by atoms with van der Waals surface area (Å²) in [5.41, 5.74) is -0.125. The standard InChI is InChI=1S/C42H63N3O9/c1-11-32-42(12-2)36(45(40(50)54-42)20-16-15-19-44-23-43-30-17-13-14-18-31(30)44)27(6)33(46)25(4)22-41(9,10)37(28(7)35(48)29(8)38(49)52-32)53-39-34(47)24(3)21-26(5)51-39/h13-14,17-18,23-29,32,34,36-37,39,47H,11-12,15-16,19-22H2,1-10H3/t24-,25+,26+,27-,28-,29+,32+,34+,36+,37+,39-,42+/m0/s1. The predicted molar refractivity (Wildman–Crippen MR) is 203 cm³/mol. The number of carbonyl (C=O) groups excluding carboxylic acids is 4. The molecule has 12 heteroatoms. The molecule has 54 heavy (non-hydrogen) atoms. The van der Waals surface area contributed by atoms with Gasteiger partial charge < -0.3 is 33.5 Å². The number of aromatic nitrogens is 2. The molecule has 1 amide bonds. The van der Waals surface area contributed by atoms with Crippen LogP contribution in [0, 0.1) is 35.0 Å². The van der Waals surface area contributed by atoms with Crippen molar-refractivity contribution in [1.82, 2.24) is 14.5 Å². The van der Waals surface area contributed by atoms with Gasteiger partial charge in [0, 0.05) is 30.8 Å². The van der Waals surface area contributed by atoms with Crippen LogP contribution in [0.4, 0.5) is 4.79 Å². The molecule has 3 fully saturated rings. The topological polar surface area (TPSA) is 146 Å². The van der Waals surface area contributed by atoms with Crippen LogP contribution in [0.25, 0.3) is 11.0 Å². The number of nitrogens with zero attached hydrogens (tertiary/aromatic N) is 3. The number of amides is 1. The van der Waals surface area contributed by atoms with Crippen LogP contribution in [0.3, 0.4) is 0 Å². The van der Waals surface area contributed by atoms with E-state index in [1.54, 1.807) is 18.7 Å². The second-order valence-corrected chi connectivity index (χ2v) is 17.1. The number of cyclic esters (lactones) is 1. The van der Waals surface area contributed by atoms with E-state index in [1.807, 2.05) is 86.0 Å². The summed E-state index contributed by atoms with van der Waals surface area (Å²) in [6.45, 7) is 19.6. The number of aryl methyl sites for hydroxylation is 1. The summed E-state index contributed by atoms with van der Waals surface area (Å²) in [6.07, 6.45) is 0.562. The molecule has 5 rings (SSSR count). The molecule has 1 N–H and O–H groups in total.